The fraction of sp³-hybridized carbons (Fsp3) is 0.200. The second kappa shape index (κ2) is 6.33. The smallest absolute Gasteiger partial charge is 0.224 e. The molecular weight excluding hydrogens is 332 g/mol. The van der Waals surface area contributed by atoms with Crippen LogP contribution in [0.15, 0.2) is 47.1 Å². The quantitative estimate of drug-likeness (QED) is 0.589. The lowest BCUT2D eigenvalue weighted by molar-refractivity contribution is -0.120. The number of furan rings is 1. The first kappa shape index (κ1) is 15.8. The van der Waals surface area contributed by atoms with Crippen LogP contribution in [0.5, 0.6) is 0 Å². The predicted molar refractivity (Wildman–Crippen MR) is 101 cm³/mol. The molecule has 0 unspecified atom stereocenters. The fourth-order valence-corrected chi connectivity index (χ4v) is 3.84. The standard InChI is InChI=1S/C20H18N2O2S/c1-12-7-8-15-14(11-24-20(15)13(12)2)9-18(23)21-10-19-22-16-5-3-4-6-17(16)25-19/h3-8,11H,9-10H2,1-2H3,(H,21,23). The fourth-order valence-electron chi connectivity index (χ4n) is 2.93. The lowest BCUT2D eigenvalue weighted by Gasteiger charge is -2.03. The normalized spacial score (nSPS) is 11.3. The molecule has 0 atom stereocenters. The van der Waals surface area contributed by atoms with Crippen molar-refractivity contribution in [1.29, 1.82) is 0 Å². The Morgan fingerprint density at radius 1 is 1.20 bits per heavy atom. The monoisotopic (exact) mass is 350 g/mol. The van der Waals surface area contributed by atoms with Gasteiger partial charge < -0.3 is 9.73 Å². The van der Waals surface area contributed by atoms with Gasteiger partial charge in [0.2, 0.25) is 5.91 Å². The van der Waals surface area contributed by atoms with E-state index in [0.717, 1.165) is 37.3 Å². The molecule has 1 N–H and O–H groups in total. The van der Waals surface area contributed by atoms with Crippen LogP contribution in [0.3, 0.4) is 0 Å². The van der Waals surface area contributed by atoms with Crippen molar-refractivity contribution >= 4 is 38.4 Å². The Labute approximate surface area is 149 Å². The molecule has 126 valence electrons. The van der Waals surface area contributed by atoms with Gasteiger partial charge in [0.15, 0.2) is 0 Å². The third kappa shape index (κ3) is 3.03. The van der Waals surface area contributed by atoms with E-state index >= 15 is 0 Å². The molecule has 0 aliphatic rings. The van der Waals surface area contributed by atoms with Crippen LogP contribution in [-0.2, 0) is 17.8 Å². The van der Waals surface area contributed by atoms with Crippen LogP contribution < -0.4 is 5.32 Å². The van der Waals surface area contributed by atoms with Gasteiger partial charge in [0.25, 0.3) is 0 Å². The van der Waals surface area contributed by atoms with Crippen molar-refractivity contribution in [2.75, 3.05) is 0 Å². The zero-order valence-electron chi connectivity index (χ0n) is 14.1. The number of carbonyl (C=O) groups is 1. The summed E-state index contributed by atoms with van der Waals surface area (Å²) in [6, 6.07) is 12.1. The van der Waals surface area contributed by atoms with E-state index in [-0.39, 0.29) is 5.91 Å². The maximum Gasteiger partial charge on any atom is 0.224 e. The first-order valence-electron chi connectivity index (χ1n) is 8.19. The summed E-state index contributed by atoms with van der Waals surface area (Å²) in [5.74, 6) is -0.0276. The van der Waals surface area contributed by atoms with Crippen molar-refractivity contribution in [3.63, 3.8) is 0 Å². The van der Waals surface area contributed by atoms with Gasteiger partial charge in [-0.1, -0.05) is 24.3 Å². The number of aryl methyl sites for hydroxylation is 2. The molecule has 2 aromatic carbocycles. The molecule has 0 fully saturated rings. The number of nitrogens with one attached hydrogen (secondary N) is 1. The van der Waals surface area contributed by atoms with Crippen LogP contribution >= 0.6 is 11.3 Å². The van der Waals surface area contributed by atoms with Crippen molar-refractivity contribution in [1.82, 2.24) is 10.3 Å². The molecule has 5 heteroatoms. The Hall–Kier alpha value is -2.66. The number of hydrogen-bond acceptors (Lipinski definition) is 4. The summed E-state index contributed by atoms with van der Waals surface area (Å²) in [7, 11) is 0. The Balaban J connectivity index is 1.46. The van der Waals surface area contributed by atoms with E-state index in [4.69, 9.17) is 4.42 Å². The molecule has 0 radical (unpaired) electrons. The summed E-state index contributed by atoms with van der Waals surface area (Å²) >= 11 is 1.61. The van der Waals surface area contributed by atoms with Crippen LogP contribution in [0.2, 0.25) is 0 Å². The minimum absolute atomic E-state index is 0.0276. The number of benzene rings is 2. The Kier molecular flexibility index (Phi) is 4.01. The van der Waals surface area contributed by atoms with Crippen molar-refractivity contribution in [2.24, 2.45) is 0 Å². The number of amides is 1. The van der Waals surface area contributed by atoms with E-state index in [2.05, 4.69) is 23.3 Å². The molecular formula is C20H18N2O2S. The molecule has 2 aromatic heterocycles. The third-order valence-corrected chi connectivity index (χ3v) is 5.50. The average Bonchev–Trinajstić information content (AvgIpc) is 3.20. The summed E-state index contributed by atoms with van der Waals surface area (Å²) in [6.45, 7) is 4.55. The summed E-state index contributed by atoms with van der Waals surface area (Å²) in [4.78, 5) is 16.9. The van der Waals surface area contributed by atoms with E-state index < -0.39 is 0 Å². The second-order valence-corrected chi connectivity index (χ2v) is 7.29. The number of para-hydroxylation sites is 1. The zero-order chi connectivity index (χ0) is 17.4. The molecule has 4 nitrogen and oxygen atoms in total. The maximum atomic E-state index is 12.3. The highest BCUT2D eigenvalue weighted by atomic mass is 32.1. The third-order valence-electron chi connectivity index (χ3n) is 4.47. The molecule has 0 saturated carbocycles. The van der Waals surface area contributed by atoms with E-state index in [1.807, 2.05) is 37.3 Å². The van der Waals surface area contributed by atoms with Gasteiger partial charge in [0.05, 0.1) is 29.4 Å². The van der Waals surface area contributed by atoms with Gasteiger partial charge in [0.1, 0.15) is 10.6 Å². The SMILES string of the molecule is Cc1ccc2c(CC(=O)NCc3nc4ccccc4s3)coc2c1C. The van der Waals surface area contributed by atoms with Gasteiger partial charge in [-0.15, -0.1) is 11.3 Å². The summed E-state index contributed by atoms with van der Waals surface area (Å²) in [5.41, 5.74) is 5.07. The van der Waals surface area contributed by atoms with Crippen molar-refractivity contribution < 1.29 is 9.21 Å². The van der Waals surface area contributed by atoms with Crippen LogP contribution in [0.4, 0.5) is 0 Å². The Morgan fingerprint density at radius 3 is 2.88 bits per heavy atom. The molecule has 4 rings (SSSR count). The number of hydrogen-bond donors (Lipinski definition) is 1. The first-order chi connectivity index (χ1) is 12.1. The molecule has 2 heterocycles. The minimum Gasteiger partial charge on any atom is -0.464 e. The highest BCUT2D eigenvalue weighted by Crippen LogP contribution is 2.27. The lowest BCUT2D eigenvalue weighted by Crippen LogP contribution is -2.24. The molecule has 25 heavy (non-hydrogen) atoms. The average molecular weight is 350 g/mol. The van der Waals surface area contributed by atoms with Crippen molar-refractivity contribution in [2.45, 2.75) is 26.8 Å². The Bertz CT molecular complexity index is 1040. The summed E-state index contributed by atoms with van der Waals surface area (Å²) in [6.07, 6.45) is 1.99. The van der Waals surface area contributed by atoms with E-state index in [1.165, 1.54) is 5.56 Å². The zero-order valence-corrected chi connectivity index (χ0v) is 14.9. The van der Waals surface area contributed by atoms with Gasteiger partial charge in [-0.2, -0.15) is 0 Å². The van der Waals surface area contributed by atoms with Gasteiger partial charge in [0, 0.05) is 10.9 Å². The number of aromatic nitrogens is 1. The number of thiazole rings is 1. The van der Waals surface area contributed by atoms with Crippen LogP contribution in [0, 0.1) is 13.8 Å². The summed E-state index contributed by atoms with van der Waals surface area (Å²) in [5, 5.41) is 4.88. The van der Waals surface area contributed by atoms with E-state index in [9.17, 15) is 4.79 Å². The number of rotatable bonds is 4. The topological polar surface area (TPSA) is 55.1 Å². The highest BCUT2D eigenvalue weighted by molar-refractivity contribution is 7.18. The molecule has 0 spiro atoms. The van der Waals surface area contributed by atoms with Crippen LogP contribution in [0.1, 0.15) is 21.7 Å². The van der Waals surface area contributed by atoms with Crippen LogP contribution in [-0.4, -0.2) is 10.9 Å². The molecule has 0 aliphatic carbocycles. The number of carbonyl (C=O) groups excluding carboxylic acids is 1. The minimum atomic E-state index is -0.0276. The van der Waals surface area contributed by atoms with Crippen molar-refractivity contribution in [3.05, 3.63) is 64.4 Å². The van der Waals surface area contributed by atoms with Gasteiger partial charge in [-0.3, -0.25) is 4.79 Å². The molecule has 0 aliphatic heterocycles. The first-order valence-corrected chi connectivity index (χ1v) is 9.01. The number of nitrogens with zero attached hydrogens (tertiary/aromatic N) is 1. The highest BCUT2D eigenvalue weighted by Gasteiger charge is 2.13. The Morgan fingerprint density at radius 2 is 2.04 bits per heavy atom. The second-order valence-electron chi connectivity index (χ2n) is 6.17. The predicted octanol–water partition coefficient (Wildman–Crippen LogP) is 4.52. The largest absolute Gasteiger partial charge is 0.464 e. The molecule has 4 aromatic rings. The van der Waals surface area contributed by atoms with Crippen molar-refractivity contribution in [3.8, 4) is 0 Å². The van der Waals surface area contributed by atoms with E-state index in [1.54, 1.807) is 17.6 Å². The lowest BCUT2D eigenvalue weighted by atomic mass is 10.0. The van der Waals surface area contributed by atoms with E-state index in [0.29, 0.717) is 13.0 Å². The maximum absolute atomic E-state index is 12.3. The van der Waals surface area contributed by atoms with Gasteiger partial charge in [-0.25, -0.2) is 4.98 Å². The molecule has 0 saturated heterocycles. The number of fused-ring (bicyclic) bond motifs is 2. The van der Waals surface area contributed by atoms with Gasteiger partial charge in [-0.05, 0) is 37.1 Å². The van der Waals surface area contributed by atoms with Crippen LogP contribution in [0.25, 0.3) is 21.2 Å². The van der Waals surface area contributed by atoms with Gasteiger partial charge >= 0.3 is 0 Å². The summed E-state index contributed by atoms with van der Waals surface area (Å²) < 4.78 is 6.81. The molecule has 1 amide bonds. The molecule has 0 bridgehead atoms.